The van der Waals surface area contributed by atoms with Crippen LogP contribution in [0, 0.1) is 10.1 Å². The van der Waals surface area contributed by atoms with E-state index in [-0.39, 0.29) is 17.0 Å². The minimum atomic E-state index is -3.78. The molecular formula is C8H8ClNO5S. The van der Waals surface area contributed by atoms with Crippen molar-refractivity contribution in [2.45, 2.75) is 5.75 Å². The van der Waals surface area contributed by atoms with Crippen LogP contribution in [0.15, 0.2) is 18.2 Å². The Kier molecular flexibility index (Phi) is 3.71. The van der Waals surface area contributed by atoms with E-state index in [1.54, 1.807) is 0 Å². The highest BCUT2D eigenvalue weighted by Crippen LogP contribution is 2.26. The van der Waals surface area contributed by atoms with Crippen LogP contribution in [0.4, 0.5) is 5.69 Å². The van der Waals surface area contributed by atoms with Crippen LogP contribution in [0.1, 0.15) is 5.56 Å². The van der Waals surface area contributed by atoms with Crippen molar-refractivity contribution >= 4 is 25.4 Å². The Bertz CT molecular complexity index is 513. The summed E-state index contributed by atoms with van der Waals surface area (Å²) in [6.45, 7) is 0. The second-order valence-corrected chi connectivity index (χ2v) is 5.71. The predicted octanol–water partition coefficient (Wildman–Crippen LogP) is 1.67. The highest BCUT2D eigenvalue weighted by Gasteiger charge is 2.16. The quantitative estimate of drug-likeness (QED) is 0.469. The Morgan fingerprint density at radius 1 is 1.50 bits per heavy atom. The number of halogens is 1. The highest BCUT2D eigenvalue weighted by atomic mass is 35.7. The van der Waals surface area contributed by atoms with E-state index in [4.69, 9.17) is 15.4 Å². The third-order valence-electron chi connectivity index (χ3n) is 1.80. The first-order valence-corrected chi connectivity index (χ1v) is 6.55. The van der Waals surface area contributed by atoms with E-state index in [1.165, 1.54) is 19.2 Å². The summed E-state index contributed by atoms with van der Waals surface area (Å²) >= 11 is 0. The van der Waals surface area contributed by atoms with Crippen LogP contribution in [0.3, 0.4) is 0 Å². The lowest BCUT2D eigenvalue weighted by molar-refractivity contribution is -0.384. The summed E-state index contributed by atoms with van der Waals surface area (Å²) in [7, 11) is 2.63. The van der Waals surface area contributed by atoms with Crippen LogP contribution in [0.5, 0.6) is 5.75 Å². The van der Waals surface area contributed by atoms with Crippen molar-refractivity contribution in [2.24, 2.45) is 0 Å². The second kappa shape index (κ2) is 4.67. The zero-order valence-electron chi connectivity index (χ0n) is 8.21. The average Bonchev–Trinajstić information content (AvgIpc) is 2.15. The molecule has 1 aromatic carbocycles. The van der Waals surface area contributed by atoms with E-state index in [2.05, 4.69) is 0 Å². The molecule has 0 aliphatic rings. The lowest BCUT2D eigenvalue weighted by Gasteiger charge is -2.06. The fourth-order valence-corrected chi connectivity index (χ4v) is 2.13. The van der Waals surface area contributed by atoms with Gasteiger partial charge < -0.3 is 4.74 Å². The number of hydrogen-bond acceptors (Lipinski definition) is 5. The molecule has 16 heavy (non-hydrogen) atoms. The molecule has 1 rings (SSSR count). The molecule has 0 aromatic heterocycles. The first-order valence-electron chi connectivity index (χ1n) is 4.07. The molecule has 0 atom stereocenters. The van der Waals surface area contributed by atoms with E-state index in [9.17, 15) is 18.5 Å². The molecule has 0 heterocycles. The smallest absolute Gasteiger partial charge is 0.270 e. The topological polar surface area (TPSA) is 86.5 Å². The molecule has 0 radical (unpaired) electrons. The minimum absolute atomic E-state index is 0.159. The summed E-state index contributed by atoms with van der Waals surface area (Å²) in [6.07, 6.45) is 0. The number of hydrogen-bond donors (Lipinski definition) is 0. The molecule has 0 aliphatic heterocycles. The number of ether oxygens (including phenoxy) is 1. The monoisotopic (exact) mass is 265 g/mol. The summed E-state index contributed by atoms with van der Waals surface area (Å²) in [4.78, 5) is 9.88. The molecule has 0 bridgehead atoms. The summed E-state index contributed by atoms with van der Waals surface area (Å²) in [5.41, 5.74) is -0.0529. The zero-order valence-corrected chi connectivity index (χ0v) is 9.79. The number of nitro benzene ring substituents is 1. The number of rotatable bonds is 4. The third kappa shape index (κ3) is 3.35. The maximum Gasteiger partial charge on any atom is 0.270 e. The van der Waals surface area contributed by atoms with Gasteiger partial charge in [0, 0.05) is 28.4 Å². The number of methoxy groups -OCH3 is 1. The van der Waals surface area contributed by atoms with Gasteiger partial charge in [-0.1, -0.05) is 0 Å². The fraction of sp³-hybridized carbons (Fsp3) is 0.250. The molecular weight excluding hydrogens is 258 g/mol. The molecule has 0 aliphatic carbocycles. The summed E-state index contributed by atoms with van der Waals surface area (Å²) in [5.74, 6) is -0.269. The zero-order chi connectivity index (χ0) is 12.3. The molecule has 0 spiro atoms. The van der Waals surface area contributed by atoms with Crippen molar-refractivity contribution in [1.82, 2.24) is 0 Å². The van der Waals surface area contributed by atoms with Gasteiger partial charge in [-0.2, -0.15) is 0 Å². The standard InChI is InChI=1S/C8H8ClNO5S/c1-15-8-3-2-7(10(11)12)4-6(8)5-16(9,13)14/h2-4H,5H2,1H3. The fourth-order valence-electron chi connectivity index (χ4n) is 1.18. The van der Waals surface area contributed by atoms with Crippen LogP contribution in [-0.2, 0) is 14.8 Å². The van der Waals surface area contributed by atoms with Gasteiger partial charge in [0.25, 0.3) is 5.69 Å². The number of non-ortho nitro benzene ring substituents is 1. The van der Waals surface area contributed by atoms with Crippen LogP contribution >= 0.6 is 10.7 Å². The third-order valence-corrected chi connectivity index (χ3v) is 2.79. The van der Waals surface area contributed by atoms with Gasteiger partial charge in [0.15, 0.2) is 0 Å². The molecule has 88 valence electrons. The Balaban J connectivity index is 3.22. The van der Waals surface area contributed by atoms with Crippen LogP contribution in [0.25, 0.3) is 0 Å². The van der Waals surface area contributed by atoms with Crippen LogP contribution in [-0.4, -0.2) is 20.5 Å². The lowest BCUT2D eigenvalue weighted by Crippen LogP contribution is -2.00. The first-order chi connectivity index (χ1) is 7.33. The van der Waals surface area contributed by atoms with Gasteiger partial charge in [-0.05, 0) is 6.07 Å². The molecule has 0 saturated carbocycles. The summed E-state index contributed by atoms with van der Waals surface area (Å²) in [5, 5.41) is 10.5. The normalized spacial score (nSPS) is 11.1. The van der Waals surface area contributed by atoms with Gasteiger partial charge in [-0.15, -0.1) is 0 Å². The SMILES string of the molecule is COc1ccc([N+](=O)[O-])cc1CS(=O)(=O)Cl. The maximum atomic E-state index is 10.9. The van der Waals surface area contributed by atoms with Crippen molar-refractivity contribution in [3.8, 4) is 5.75 Å². The molecule has 0 unspecified atom stereocenters. The summed E-state index contributed by atoms with van der Waals surface area (Å²) in [6, 6.07) is 3.68. The molecule has 8 heteroatoms. The van der Waals surface area contributed by atoms with Gasteiger partial charge in [0.2, 0.25) is 9.05 Å². The number of nitrogens with zero attached hydrogens (tertiary/aromatic N) is 1. The Hall–Kier alpha value is -1.34. The van der Waals surface area contributed by atoms with Crippen molar-refractivity contribution < 1.29 is 18.1 Å². The van der Waals surface area contributed by atoms with Crippen molar-refractivity contribution in [2.75, 3.05) is 7.11 Å². The van der Waals surface area contributed by atoms with Crippen molar-refractivity contribution in [3.05, 3.63) is 33.9 Å². The van der Waals surface area contributed by atoms with Crippen molar-refractivity contribution in [3.63, 3.8) is 0 Å². The molecule has 0 amide bonds. The summed E-state index contributed by atoms with van der Waals surface area (Å²) < 4.78 is 26.7. The van der Waals surface area contributed by atoms with E-state index < -0.39 is 19.7 Å². The van der Waals surface area contributed by atoms with E-state index in [0.717, 1.165) is 6.07 Å². The van der Waals surface area contributed by atoms with Gasteiger partial charge in [-0.25, -0.2) is 8.42 Å². The Morgan fingerprint density at radius 2 is 2.12 bits per heavy atom. The molecule has 6 nitrogen and oxygen atoms in total. The molecule has 0 saturated heterocycles. The van der Waals surface area contributed by atoms with Crippen LogP contribution < -0.4 is 4.74 Å². The lowest BCUT2D eigenvalue weighted by atomic mass is 10.2. The van der Waals surface area contributed by atoms with Gasteiger partial charge in [-0.3, -0.25) is 10.1 Å². The van der Waals surface area contributed by atoms with Gasteiger partial charge >= 0.3 is 0 Å². The number of benzene rings is 1. The Labute approximate surface area is 96.4 Å². The predicted molar refractivity (Wildman–Crippen MR) is 58.1 cm³/mol. The van der Waals surface area contributed by atoms with Gasteiger partial charge in [0.1, 0.15) is 5.75 Å². The highest BCUT2D eigenvalue weighted by molar-refractivity contribution is 8.13. The Morgan fingerprint density at radius 3 is 2.56 bits per heavy atom. The van der Waals surface area contributed by atoms with Gasteiger partial charge in [0.05, 0.1) is 17.8 Å². The van der Waals surface area contributed by atoms with E-state index in [1.807, 2.05) is 0 Å². The molecule has 1 aromatic rings. The minimum Gasteiger partial charge on any atom is -0.496 e. The first kappa shape index (κ1) is 12.7. The second-order valence-electron chi connectivity index (χ2n) is 2.94. The molecule has 0 N–H and O–H groups in total. The van der Waals surface area contributed by atoms with E-state index >= 15 is 0 Å². The largest absolute Gasteiger partial charge is 0.496 e. The number of nitro groups is 1. The molecule has 0 fully saturated rings. The average molecular weight is 266 g/mol. The van der Waals surface area contributed by atoms with Crippen LogP contribution in [0.2, 0.25) is 0 Å². The van der Waals surface area contributed by atoms with Crippen molar-refractivity contribution in [1.29, 1.82) is 0 Å². The maximum absolute atomic E-state index is 10.9. The van der Waals surface area contributed by atoms with E-state index in [0.29, 0.717) is 0 Å².